The summed E-state index contributed by atoms with van der Waals surface area (Å²) in [5, 5.41) is 6.48. The van der Waals surface area contributed by atoms with E-state index in [2.05, 4.69) is 10.5 Å². The van der Waals surface area contributed by atoms with E-state index in [0.717, 1.165) is 0 Å². The molecule has 0 aliphatic heterocycles. The van der Waals surface area contributed by atoms with E-state index in [1.807, 2.05) is 18.2 Å². The van der Waals surface area contributed by atoms with Gasteiger partial charge in [0.2, 0.25) is 0 Å². The van der Waals surface area contributed by atoms with Crippen molar-refractivity contribution in [1.29, 1.82) is 0 Å². The molecule has 0 atom stereocenters. The molecule has 8 heteroatoms. The van der Waals surface area contributed by atoms with Gasteiger partial charge in [-0.3, -0.25) is 9.59 Å². The van der Waals surface area contributed by atoms with Crippen LogP contribution in [0.25, 0.3) is 11.3 Å². The Kier molecular flexibility index (Phi) is 7.54. The Morgan fingerprint density at radius 2 is 1.89 bits per heavy atom. The van der Waals surface area contributed by atoms with Crippen LogP contribution in [0, 0.1) is 6.92 Å². The number of rotatable bonds is 9. The normalized spacial score (nSPS) is 10.3. The van der Waals surface area contributed by atoms with Crippen molar-refractivity contribution in [1.82, 2.24) is 10.5 Å². The number of hydrogen-bond donors (Lipinski definition) is 1. The van der Waals surface area contributed by atoms with Crippen molar-refractivity contribution in [3.63, 3.8) is 0 Å². The third-order valence-corrected chi connectivity index (χ3v) is 3.63. The van der Waals surface area contributed by atoms with E-state index in [4.69, 9.17) is 14.0 Å². The summed E-state index contributed by atoms with van der Waals surface area (Å²) in [6.45, 7) is 3.52. The number of benzene rings is 1. The Morgan fingerprint density at radius 3 is 2.59 bits per heavy atom. The molecule has 0 bridgehead atoms. The lowest BCUT2D eigenvalue weighted by molar-refractivity contribution is -0.143. The molecule has 0 saturated heterocycles. The lowest BCUT2D eigenvalue weighted by Gasteiger charge is -2.07. The molecule has 1 aromatic carbocycles. The summed E-state index contributed by atoms with van der Waals surface area (Å²) in [5.74, 6) is -1.14. The molecule has 1 aromatic heterocycles. The van der Waals surface area contributed by atoms with Gasteiger partial charge >= 0.3 is 11.9 Å². The minimum Gasteiger partial charge on any atom is -0.466 e. The Bertz CT molecular complexity index is 785. The van der Waals surface area contributed by atoms with Crippen LogP contribution in [0.15, 0.2) is 34.9 Å². The molecule has 0 aliphatic carbocycles. The maximum atomic E-state index is 12.4. The largest absolute Gasteiger partial charge is 0.466 e. The van der Waals surface area contributed by atoms with E-state index in [0.29, 0.717) is 30.0 Å². The fourth-order valence-corrected chi connectivity index (χ4v) is 2.35. The number of aryl methyl sites for hydroxylation is 1. The smallest absolute Gasteiger partial charge is 0.344 e. The van der Waals surface area contributed by atoms with Gasteiger partial charge in [-0.25, -0.2) is 4.79 Å². The van der Waals surface area contributed by atoms with E-state index >= 15 is 0 Å². The fourth-order valence-electron chi connectivity index (χ4n) is 2.35. The second kappa shape index (κ2) is 10.1. The first kappa shape index (κ1) is 20.2. The van der Waals surface area contributed by atoms with Crippen molar-refractivity contribution in [2.45, 2.75) is 26.7 Å². The summed E-state index contributed by atoms with van der Waals surface area (Å²) in [4.78, 5) is 35.3. The molecule has 0 aliphatic rings. The van der Waals surface area contributed by atoms with Crippen molar-refractivity contribution in [3.8, 4) is 11.3 Å². The molecule has 27 heavy (non-hydrogen) atoms. The highest BCUT2D eigenvalue weighted by Crippen LogP contribution is 2.25. The Labute approximate surface area is 156 Å². The van der Waals surface area contributed by atoms with Crippen LogP contribution in [0.1, 0.15) is 35.9 Å². The van der Waals surface area contributed by atoms with Crippen LogP contribution in [-0.2, 0) is 19.1 Å². The van der Waals surface area contributed by atoms with Crippen LogP contribution in [0.4, 0.5) is 0 Å². The van der Waals surface area contributed by atoms with Gasteiger partial charge < -0.3 is 19.3 Å². The SMILES string of the molecule is CCOC(=O)CCCNC(=O)COC(=O)c1c(-c2ccccc2)noc1C. The van der Waals surface area contributed by atoms with Crippen LogP contribution in [0.3, 0.4) is 0 Å². The summed E-state index contributed by atoms with van der Waals surface area (Å²) >= 11 is 0. The van der Waals surface area contributed by atoms with Gasteiger partial charge in [0.1, 0.15) is 17.0 Å². The fraction of sp³-hybridized carbons (Fsp3) is 0.368. The first-order valence-corrected chi connectivity index (χ1v) is 8.64. The molecule has 0 fully saturated rings. The van der Waals surface area contributed by atoms with Crippen LogP contribution in [0.5, 0.6) is 0 Å². The highest BCUT2D eigenvalue weighted by Gasteiger charge is 2.23. The summed E-state index contributed by atoms with van der Waals surface area (Å²) in [5.41, 5.74) is 1.27. The zero-order valence-electron chi connectivity index (χ0n) is 15.3. The van der Waals surface area contributed by atoms with Crippen molar-refractivity contribution >= 4 is 17.8 Å². The molecule has 8 nitrogen and oxygen atoms in total. The molecular weight excluding hydrogens is 352 g/mol. The minimum atomic E-state index is -0.686. The van der Waals surface area contributed by atoms with Crippen LogP contribution in [-0.4, -0.2) is 42.8 Å². The molecule has 1 heterocycles. The minimum absolute atomic E-state index is 0.191. The van der Waals surface area contributed by atoms with Gasteiger partial charge in [-0.15, -0.1) is 0 Å². The Morgan fingerprint density at radius 1 is 1.15 bits per heavy atom. The lowest BCUT2D eigenvalue weighted by atomic mass is 10.1. The summed E-state index contributed by atoms with van der Waals surface area (Å²) in [7, 11) is 0. The molecule has 0 radical (unpaired) electrons. The number of amides is 1. The number of carbonyl (C=O) groups is 3. The quantitative estimate of drug-likeness (QED) is 0.530. The number of hydrogen-bond acceptors (Lipinski definition) is 7. The zero-order chi connectivity index (χ0) is 19.6. The maximum Gasteiger partial charge on any atom is 0.344 e. The molecule has 1 amide bonds. The topological polar surface area (TPSA) is 108 Å². The van der Waals surface area contributed by atoms with Gasteiger partial charge in [-0.2, -0.15) is 0 Å². The average Bonchev–Trinajstić information content (AvgIpc) is 3.06. The van der Waals surface area contributed by atoms with Crippen LogP contribution < -0.4 is 5.32 Å². The highest BCUT2D eigenvalue weighted by atomic mass is 16.5. The molecule has 0 unspecified atom stereocenters. The van der Waals surface area contributed by atoms with Crippen LogP contribution >= 0.6 is 0 Å². The van der Waals surface area contributed by atoms with Crippen molar-refractivity contribution in [2.75, 3.05) is 19.8 Å². The highest BCUT2D eigenvalue weighted by molar-refractivity contribution is 5.98. The second-order valence-corrected chi connectivity index (χ2v) is 5.66. The molecule has 2 aromatic rings. The lowest BCUT2D eigenvalue weighted by Crippen LogP contribution is -2.30. The van der Waals surface area contributed by atoms with E-state index in [9.17, 15) is 14.4 Å². The standard InChI is InChI=1S/C19H22N2O6/c1-3-25-16(23)10-7-11-20-15(22)12-26-19(24)17-13(2)27-21-18(17)14-8-5-4-6-9-14/h4-6,8-9H,3,7,10-12H2,1-2H3,(H,20,22). The Balaban J connectivity index is 1.83. The van der Waals surface area contributed by atoms with Gasteiger partial charge in [-0.05, 0) is 20.3 Å². The van der Waals surface area contributed by atoms with Crippen molar-refractivity contribution in [2.24, 2.45) is 0 Å². The van der Waals surface area contributed by atoms with E-state index in [1.54, 1.807) is 26.0 Å². The molecule has 2 rings (SSSR count). The number of aromatic nitrogens is 1. The third kappa shape index (κ3) is 5.95. The molecule has 0 spiro atoms. The number of nitrogens with zero attached hydrogens (tertiary/aromatic N) is 1. The number of esters is 2. The van der Waals surface area contributed by atoms with E-state index in [-0.39, 0.29) is 24.5 Å². The number of carbonyl (C=O) groups excluding carboxylic acids is 3. The average molecular weight is 374 g/mol. The zero-order valence-corrected chi connectivity index (χ0v) is 15.3. The van der Waals surface area contributed by atoms with Crippen molar-refractivity contribution in [3.05, 3.63) is 41.7 Å². The summed E-state index contributed by atoms with van der Waals surface area (Å²) in [6.07, 6.45) is 0.662. The third-order valence-electron chi connectivity index (χ3n) is 3.63. The first-order chi connectivity index (χ1) is 13.0. The molecule has 144 valence electrons. The predicted octanol–water partition coefficient (Wildman–Crippen LogP) is 2.27. The number of nitrogens with one attached hydrogen (secondary N) is 1. The van der Waals surface area contributed by atoms with Gasteiger partial charge in [0, 0.05) is 18.5 Å². The molecule has 1 N–H and O–H groups in total. The van der Waals surface area contributed by atoms with Gasteiger partial charge in [0.05, 0.1) is 6.61 Å². The monoisotopic (exact) mass is 374 g/mol. The van der Waals surface area contributed by atoms with E-state index < -0.39 is 18.5 Å². The predicted molar refractivity (Wildman–Crippen MR) is 95.8 cm³/mol. The van der Waals surface area contributed by atoms with Gasteiger partial charge in [-0.1, -0.05) is 35.5 Å². The maximum absolute atomic E-state index is 12.4. The van der Waals surface area contributed by atoms with Crippen LogP contribution in [0.2, 0.25) is 0 Å². The molecular formula is C19H22N2O6. The van der Waals surface area contributed by atoms with Crippen molar-refractivity contribution < 1.29 is 28.4 Å². The number of ether oxygens (including phenoxy) is 2. The summed E-state index contributed by atoms with van der Waals surface area (Å²) in [6, 6.07) is 9.08. The molecule has 0 saturated carbocycles. The van der Waals surface area contributed by atoms with E-state index in [1.165, 1.54) is 0 Å². The Hall–Kier alpha value is -3.16. The first-order valence-electron chi connectivity index (χ1n) is 8.64. The summed E-state index contributed by atoms with van der Waals surface area (Å²) < 4.78 is 15.0. The van der Waals surface area contributed by atoms with Gasteiger partial charge in [0.15, 0.2) is 6.61 Å². The second-order valence-electron chi connectivity index (χ2n) is 5.66. The van der Waals surface area contributed by atoms with Gasteiger partial charge in [0.25, 0.3) is 5.91 Å².